The first-order valence-corrected chi connectivity index (χ1v) is 6.79. The summed E-state index contributed by atoms with van der Waals surface area (Å²) in [6, 6.07) is 0.920. The average Bonchev–Trinajstić information content (AvgIpc) is 2.80. The molecule has 112 valence electrons. The summed E-state index contributed by atoms with van der Waals surface area (Å²) in [5.74, 6) is -1.48. The van der Waals surface area contributed by atoms with Crippen molar-refractivity contribution in [3.8, 4) is 0 Å². The predicted molar refractivity (Wildman–Crippen MR) is 76.3 cm³/mol. The number of carboxylic acids is 1. The summed E-state index contributed by atoms with van der Waals surface area (Å²) >= 11 is 0. The van der Waals surface area contributed by atoms with Crippen molar-refractivity contribution in [2.75, 3.05) is 0 Å². The zero-order valence-corrected chi connectivity index (χ0v) is 12.3. The van der Waals surface area contributed by atoms with E-state index in [0.29, 0.717) is 29.7 Å². The Balaban J connectivity index is 2.30. The van der Waals surface area contributed by atoms with Crippen molar-refractivity contribution in [1.29, 1.82) is 0 Å². The Bertz CT molecular complexity index is 693. The van der Waals surface area contributed by atoms with E-state index < -0.39 is 17.9 Å². The van der Waals surface area contributed by atoms with E-state index in [1.54, 1.807) is 11.4 Å². The first-order valence-electron chi connectivity index (χ1n) is 6.79. The molecule has 2 rings (SSSR count). The second-order valence-electron chi connectivity index (χ2n) is 4.97. The third-order valence-corrected chi connectivity index (χ3v) is 3.27. The van der Waals surface area contributed by atoms with E-state index in [1.807, 2.05) is 19.9 Å². The van der Waals surface area contributed by atoms with Gasteiger partial charge in [-0.25, -0.2) is 14.3 Å². The number of carbonyl (C=O) groups excluding carboxylic acids is 1. The van der Waals surface area contributed by atoms with Crippen LogP contribution in [0.25, 0.3) is 5.65 Å². The molecule has 0 aliphatic rings. The summed E-state index contributed by atoms with van der Waals surface area (Å²) in [5.41, 5.74) is 2.42. The third-order valence-electron chi connectivity index (χ3n) is 3.27. The maximum atomic E-state index is 12.3. The van der Waals surface area contributed by atoms with Crippen molar-refractivity contribution in [2.45, 2.75) is 39.7 Å². The van der Waals surface area contributed by atoms with E-state index in [-0.39, 0.29) is 0 Å². The monoisotopic (exact) mass is 290 g/mol. The number of hydrogen-bond donors (Lipinski definition) is 2. The second kappa shape index (κ2) is 5.90. The number of carboxylic acid groups (broad SMARTS) is 1. The molecule has 0 aliphatic heterocycles. The van der Waals surface area contributed by atoms with Crippen molar-refractivity contribution in [3.63, 3.8) is 0 Å². The number of nitrogens with one attached hydrogen (secondary N) is 1. The zero-order valence-electron chi connectivity index (χ0n) is 12.3. The van der Waals surface area contributed by atoms with E-state index in [2.05, 4.69) is 15.4 Å². The Kier molecular flexibility index (Phi) is 4.21. The van der Waals surface area contributed by atoms with E-state index in [1.165, 1.54) is 6.20 Å². The van der Waals surface area contributed by atoms with Gasteiger partial charge in [0, 0.05) is 12.3 Å². The van der Waals surface area contributed by atoms with Gasteiger partial charge in [0.25, 0.3) is 5.91 Å². The number of aliphatic carboxylic acids is 1. The maximum Gasteiger partial charge on any atom is 0.326 e. The maximum absolute atomic E-state index is 12.3. The minimum atomic E-state index is -1.04. The van der Waals surface area contributed by atoms with Crippen LogP contribution in [0.5, 0.6) is 0 Å². The van der Waals surface area contributed by atoms with Crippen LogP contribution in [0.2, 0.25) is 0 Å². The lowest BCUT2D eigenvalue weighted by Gasteiger charge is -2.14. The van der Waals surface area contributed by atoms with Crippen molar-refractivity contribution in [1.82, 2.24) is 19.9 Å². The topological polar surface area (TPSA) is 96.6 Å². The van der Waals surface area contributed by atoms with E-state index in [0.717, 1.165) is 5.69 Å². The molecule has 0 bridgehead atoms. The Morgan fingerprint density at radius 1 is 1.43 bits per heavy atom. The molecule has 0 saturated heterocycles. The van der Waals surface area contributed by atoms with Gasteiger partial charge in [0.2, 0.25) is 0 Å². The van der Waals surface area contributed by atoms with Crippen molar-refractivity contribution < 1.29 is 14.7 Å². The van der Waals surface area contributed by atoms with Crippen LogP contribution in [0.15, 0.2) is 12.3 Å². The molecular weight excluding hydrogens is 272 g/mol. The zero-order chi connectivity index (χ0) is 15.6. The standard InChI is InChI=1S/C14H18N4O3/c1-4-5-11(14(20)21)16-13(19)10-7-15-12-6-8(2)17-18(12)9(10)3/h6-7,11H,4-5H2,1-3H3,(H,16,19)(H,20,21). The van der Waals surface area contributed by atoms with Crippen LogP contribution in [0.4, 0.5) is 0 Å². The van der Waals surface area contributed by atoms with Gasteiger partial charge >= 0.3 is 5.97 Å². The molecule has 21 heavy (non-hydrogen) atoms. The largest absolute Gasteiger partial charge is 0.480 e. The highest BCUT2D eigenvalue weighted by Crippen LogP contribution is 2.11. The lowest BCUT2D eigenvalue weighted by Crippen LogP contribution is -2.41. The quantitative estimate of drug-likeness (QED) is 0.866. The normalized spacial score (nSPS) is 12.3. The number of aromatic nitrogens is 3. The van der Waals surface area contributed by atoms with Gasteiger partial charge in [0.1, 0.15) is 6.04 Å². The van der Waals surface area contributed by atoms with Gasteiger partial charge in [-0.15, -0.1) is 0 Å². The highest BCUT2D eigenvalue weighted by atomic mass is 16.4. The van der Waals surface area contributed by atoms with Crippen LogP contribution < -0.4 is 5.32 Å². The molecule has 1 atom stereocenters. The molecule has 0 spiro atoms. The van der Waals surface area contributed by atoms with Crippen molar-refractivity contribution in [3.05, 3.63) is 29.2 Å². The molecule has 0 aliphatic carbocycles. The summed E-state index contributed by atoms with van der Waals surface area (Å²) in [6.45, 7) is 5.47. The number of nitrogens with zero attached hydrogens (tertiary/aromatic N) is 3. The lowest BCUT2D eigenvalue weighted by atomic mass is 10.1. The molecule has 0 radical (unpaired) electrons. The predicted octanol–water partition coefficient (Wildman–Crippen LogP) is 1.33. The van der Waals surface area contributed by atoms with Gasteiger partial charge in [0.15, 0.2) is 5.65 Å². The first kappa shape index (κ1) is 15.0. The Morgan fingerprint density at radius 2 is 2.14 bits per heavy atom. The Morgan fingerprint density at radius 3 is 2.76 bits per heavy atom. The minimum Gasteiger partial charge on any atom is -0.480 e. The number of amides is 1. The van der Waals surface area contributed by atoms with E-state index in [4.69, 9.17) is 5.11 Å². The molecule has 0 fully saturated rings. The number of carbonyl (C=O) groups is 2. The Hall–Kier alpha value is -2.44. The second-order valence-corrected chi connectivity index (χ2v) is 4.97. The fourth-order valence-corrected chi connectivity index (χ4v) is 2.17. The molecule has 7 heteroatoms. The molecule has 2 aromatic rings. The van der Waals surface area contributed by atoms with Crippen LogP contribution in [0.1, 0.15) is 41.5 Å². The third kappa shape index (κ3) is 3.01. The fraction of sp³-hybridized carbons (Fsp3) is 0.429. The van der Waals surface area contributed by atoms with Crippen molar-refractivity contribution in [2.24, 2.45) is 0 Å². The van der Waals surface area contributed by atoms with E-state index >= 15 is 0 Å². The molecule has 7 nitrogen and oxygen atoms in total. The fourth-order valence-electron chi connectivity index (χ4n) is 2.17. The minimum absolute atomic E-state index is 0.327. The summed E-state index contributed by atoms with van der Waals surface area (Å²) in [5, 5.41) is 15.9. The molecule has 2 heterocycles. The molecule has 2 N–H and O–H groups in total. The van der Waals surface area contributed by atoms with Gasteiger partial charge in [-0.05, 0) is 20.3 Å². The van der Waals surface area contributed by atoms with Gasteiger partial charge in [-0.2, -0.15) is 5.10 Å². The summed E-state index contributed by atoms with van der Waals surface area (Å²) in [6.07, 6.45) is 2.51. The highest BCUT2D eigenvalue weighted by molar-refractivity contribution is 5.97. The number of aryl methyl sites for hydroxylation is 2. The molecule has 2 aromatic heterocycles. The van der Waals surface area contributed by atoms with Crippen LogP contribution in [-0.2, 0) is 4.79 Å². The summed E-state index contributed by atoms with van der Waals surface area (Å²) in [4.78, 5) is 27.5. The van der Waals surface area contributed by atoms with Gasteiger partial charge < -0.3 is 10.4 Å². The SMILES string of the molecule is CCCC(NC(=O)c1cnc2cc(C)nn2c1C)C(=O)O. The molecular formula is C14H18N4O3. The summed E-state index contributed by atoms with van der Waals surface area (Å²) in [7, 11) is 0. The van der Waals surface area contributed by atoms with Gasteiger partial charge in [0.05, 0.1) is 17.0 Å². The molecule has 0 saturated carbocycles. The van der Waals surface area contributed by atoms with Crippen LogP contribution in [0, 0.1) is 13.8 Å². The summed E-state index contributed by atoms with van der Waals surface area (Å²) < 4.78 is 1.58. The van der Waals surface area contributed by atoms with Crippen LogP contribution >= 0.6 is 0 Å². The van der Waals surface area contributed by atoms with Crippen LogP contribution in [-0.4, -0.2) is 37.6 Å². The average molecular weight is 290 g/mol. The highest BCUT2D eigenvalue weighted by Gasteiger charge is 2.21. The van der Waals surface area contributed by atoms with Gasteiger partial charge in [-0.1, -0.05) is 13.3 Å². The number of fused-ring (bicyclic) bond motifs is 1. The first-order chi connectivity index (χ1) is 9.93. The smallest absolute Gasteiger partial charge is 0.326 e. The van der Waals surface area contributed by atoms with E-state index in [9.17, 15) is 9.59 Å². The molecule has 1 unspecified atom stereocenters. The number of rotatable bonds is 5. The van der Waals surface area contributed by atoms with Gasteiger partial charge in [-0.3, -0.25) is 4.79 Å². The molecule has 0 aromatic carbocycles. The van der Waals surface area contributed by atoms with Crippen LogP contribution in [0.3, 0.4) is 0 Å². The number of hydrogen-bond acceptors (Lipinski definition) is 4. The Labute approximate surface area is 122 Å². The van der Waals surface area contributed by atoms with Crippen molar-refractivity contribution >= 4 is 17.5 Å². The lowest BCUT2D eigenvalue weighted by molar-refractivity contribution is -0.139. The molecule has 1 amide bonds.